The minimum absolute atomic E-state index is 0.0251. The number of aryl methyl sites for hydroxylation is 1. The van der Waals surface area contributed by atoms with Crippen LogP contribution in [0.1, 0.15) is 19.4 Å². The van der Waals surface area contributed by atoms with Crippen LogP contribution >= 0.6 is 0 Å². The lowest BCUT2D eigenvalue weighted by Gasteiger charge is -2.29. The summed E-state index contributed by atoms with van der Waals surface area (Å²) in [5, 5.41) is 2.85. The van der Waals surface area contributed by atoms with Crippen LogP contribution in [-0.2, 0) is 9.59 Å². The van der Waals surface area contributed by atoms with Crippen molar-refractivity contribution in [2.45, 2.75) is 20.8 Å². The molecular weight excluding hydrogens is 360 g/mol. The lowest BCUT2D eigenvalue weighted by Crippen LogP contribution is -2.41. The van der Waals surface area contributed by atoms with Crippen molar-refractivity contribution in [1.82, 2.24) is 0 Å². The highest BCUT2D eigenvalue weighted by Gasteiger charge is 2.25. The van der Waals surface area contributed by atoms with Crippen molar-refractivity contribution in [2.75, 3.05) is 36.5 Å². The zero-order valence-corrected chi connectivity index (χ0v) is 16.3. The molecule has 3 rings (SSSR count). The van der Waals surface area contributed by atoms with E-state index in [-0.39, 0.29) is 25.0 Å². The summed E-state index contributed by atoms with van der Waals surface area (Å²) < 4.78 is 16.4. The van der Waals surface area contributed by atoms with Gasteiger partial charge in [-0.05, 0) is 50.6 Å². The number of hydrogen-bond donors (Lipinski definition) is 1. The molecule has 28 heavy (non-hydrogen) atoms. The Kier molecular flexibility index (Phi) is 6.03. The first kappa shape index (κ1) is 19.5. The van der Waals surface area contributed by atoms with Gasteiger partial charge in [-0.15, -0.1) is 0 Å². The Bertz CT molecular complexity index is 881. The summed E-state index contributed by atoms with van der Waals surface area (Å²) in [6, 6.07) is 10.8. The van der Waals surface area contributed by atoms with Gasteiger partial charge in [-0.1, -0.05) is 6.07 Å². The second-order valence-electron chi connectivity index (χ2n) is 6.38. The molecule has 0 radical (unpaired) electrons. The molecule has 2 aromatic carbocycles. The summed E-state index contributed by atoms with van der Waals surface area (Å²) in [5.74, 6) is 1.04. The maximum atomic E-state index is 12.6. The van der Waals surface area contributed by atoms with E-state index in [1.165, 1.54) is 0 Å². The first-order chi connectivity index (χ1) is 13.5. The molecule has 0 saturated heterocycles. The standard InChI is InChI=1S/C21H24N2O5/c1-4-26-18-9-7-15(11-19(18)27-5-2)22-20(24)12-23-13-21(25)28-17-8-6-14(3)10-16(17)23/h6-11H,4-5,12-13H2,1-3H3,(H,22,24). The molecule has 2 aromatic rings. The summed E-state index contributed by atoms with van der Waals surface area (Å²) in [4.78, 5) is 26.1. The van der Waals surface area contributed by atoms with E-state index in [4.69, 9.17) is 14.2 Å². The number of carbonyl (C=O) groups excluding carboxylic acids is 2. The first-order valence-corrected chi connectivity index (χ1v) is 9.26. The van der Waals surface area contributed by atoms with Crippen LogP contribution in [0.2, 0.25) is 0 Å². The molecule has 1 aliphatic heterocycles. The smallest absolute Gasteiger partial charge is 0.331 e. The van der Waals surface area contributed by atoms with E-state index in [0.29, 0.717) is 36.1 Å². The molecule has 0 spiro atoms. The zero-order chi connectivity index (χ0) is 20.1. The van der Waals surface area contributed by atoms with Crippen LogP contribution in [0.15, 0.2) is 36.4 Å². The average molecular weight is 384 g/mol. The summed E-state index contributed by atoms with van der Waals surface area (Å²) in [7, 11) is 0. The van der Waals surface area contributed by atoms with E-state index >= 15 is 0 Å². The molecule has 0 fully saturated rings. The topological polar surface area (TPSA) is 77.1 Å². The van der Waals surface area contributed by atoms with Crippen molar-refractivity contribution in [2.24, 2.45) is 0 Å². The van der Waals surface area contributed by atoms with E-state index in [9.17, 15) is 9.59 Å². The molecule has 0 bridgehead atoms. The largest absolute Gasteiger partial charge is 0.490 e. The van der Waals surface area contributed by atoms with Crippen LogP contribution in [-0.4, -0.2) is 38.2 Å². The Hall–Kier alpha value is -3.22. The molecule has 0 saturated carbocycles. The fourth-order valence-corrected chi connectivity index (χ4v) is 3.00. The van der Waals surface area contributed by atoms with Gasteiger partial charge in [0.25, 0.3) is 0 Å². The average Bonchev–Trinajstić information content (AvgIpc) is 2.64. The van der Waals surface area contributed by atoms with Gasteiger partial charge in [-0.25, -0.2) is 4.79 Å². The second kappa shape index (κ2) is 8.65. The highest BCUT2D eigenvalue weighted by molar-refractivity contribution is 5.96. The number of hydrogen-bond acceptors (Lipinski definition) is 6. The van der Waals surface area contributed by atoms with Crippen LogP contribution in [0.3, 0.4) is 0 Å². The Morgan fingerprint density at radius 2 is 1.86 bits per heavy atom. The monoisotopic (exact) mass is 384 g/mol. The van der Waals surface area contributed by atoms with Crippen LogP contribution in [0.4, 0.5) is 11.4 Å². The molecule has 148 valence electrons. The van der Waals surface area contributed by atoms with Gasteiger partial charge in [0.05, 0.1) is 25.4 Å². The van der Waals surface area contributed by atoms with Crippen molar-refractivity contribution in [1.29, 1.82) is 0 Å². The van der Waals surface area contributed by atoms with Gasteiger partial charge in [0.15, 0.2) is 17.2 Å². The summed E-state index contributed by atoms with van der Waals surface area (Å²) in [6.07, 6.45) is 0. The number of benzene rings is 2. The van der Waals surface area contributed by atoms with Gasteiger partial charge < -0.3 is 24.4 Å². The maximum absolute atomic E-state index is 12.6. The molecule has 0 unspecified atom stereocenters. The Balaban J connectivity index is 1.73. The Morgan fingerprint density at radius 3 is 2.61 bits per heavy atom. The third kappa shape index (κ3) is 4.54. The number of fused-ring (bicyclic) bond motifs is 1. The number of nitrogens with one attached hydrogen (secondary N) is 1. The molecule has 0 atom stereocenters. The summed E-state index contributed by atoms with van der Waals surface area (Å²) >= 11 is 0. The number of ether oxygens (including phenoxy) is 3. The van der Waals surface area contributed by atoms with Crippen molar-refractivity contribution >= 4 is 23.3 Å². The highest BCUT2D eigenvalue weighted by atomic mass is 16.5. The molecule has 0 aliphatic carbocycles. The number of amides is 1. The van der Waals surface area contributed by atoms with Gasteiger partial charge in [0.2, 0.25) is 5.91 Å². The van der Waals surface area contributed by atoms with Crippen LogP contribution in [0.5, 0.6) is 17.2 Å². The van der Waals surface area contributed by atoms with Gasteiger partial charge >= 0.3 is 5.97 Å². The molecule has 0 aromatic heterocycles. The molecule has 7 heteroatoms. The van der Waals surface area contributed by atoms with Gasteiger partial charge in [-0.3, -0.25) is 4.79 Å². The fourth-order valence-electron chi connectivity index (χ4n) is 3.00. The van der Waals surface area contributed by atoms with Crippen LogP contribution in [0.25, 0.3) is 0 Å². The van der Waals surface area contributed by atoms with Crippen molar-refractivity contribution < 1.29 is 23.8 Å². The fraction of sp³-hybridized carbons (Fsp3) is 0.333. The predicted octanol–water partition coefficient (Wildman–Crippen LogP) is 3.16. The minimum atomic E-state index is -0.385. The third-order valence-electron chi connectivity index (χ3n) is 4.16. The van der Waals surface area contributed by atoms with Crippen molar-refractivity contribution in [3.8, 4) is 17.2 Å². The number of anilines is 2. The van der Waals surface area contributed by atoms with Gasteiger partial charge in [-0.2, -0.15) is 0 Å². The number of esters is 1. The summed E-state index contributed by atoms with van der Waals surface area (Å²) in [6.45, 7) is 6.80. The van der Waals surface area contributed by atoms with Crippen molar-refractivity contribution in [3.05, 3.63) is 42.0 Å². The zero-order valence-electron chi connectivity index (χ0n) is 16.3. The maximum Gasteiger partial charge on any atom is 0.331 e. The molecule has 1 heterocycles. The van der Waals surface area contributed by atoms with Gasteiger partial charge in [0.1, 0.15) is 6.54 Å². The Labute approximate surface area is 164 Å². The van der Waals surface area contributed by atoms with E-state index in [1.54, 1.807) is 29.2 Å². The van der Waals surface area contributed by atoms with E-state index in [1.807, 2.05) is 32.9 Å². The number of nitrogens with zero attached hydrogens (tertiary/aromatic N) is 1. The highest BCUT2D eigenvalue weighted by Crippen LogP contribution is 2.33. The summed E-state index contributed by atoms with van der Waals surface area (Å²) in [5.41, 5.74) is 2.35. The van der Waals surface area contributed by atoms with Crippen molar-refractivity contribution in [3.63, 3.8) is 0 Å². The molecule has 1 aliphatic rings. The second-order valence-corrected chi connectivity index (χ2v) is 6.38. The quantitative estimate of drug-likeness (QED) is 0.584. The first-order valence-electron chi connectivity index (χ1n) is 9.26. The number of carbonyl (C=O) groups is 2. The molecule has 7 nitrogen and oxygen atoms in total. The van der Waals surface area contributed by atoms with E-state index < -0.39 is 0 Å². The molecule has 1 N–H and O–H groups in total. The Morgan fingerprint density at radius 1 is 1.11 bits per heavy atom. The van der Waals surface area contributed by atoms with Crippen LogP contribution < -0.4 is 24.4 Å². The molecule has 1 amide bonds. The lowest BCUT2D eigenvalue weighted by molar-refractivity contribution is -0.133. The normalized spacial score (nSPS) is 12.8. The third-order valence-corrected chi connectivity index (χ3v) is 4.16. The van der Waals surface area contributed by atoms with E-state index in [0.717, 1.165) is 11.3 Å². The van der Waals surface area contributed by atoms with Crippen LogP contribution in [0, 0.1) is 6.92 Å². The minimum Gasteiger partial charge on any atom is -0.490 e. The SMILES string of the molecule is CCOc1ccc(NC(=O)CN2CC(=O)Oc3ccc(C)cc32)cc1OCC. The number of rotatable bonds is 7. The predicted molar refractivity (Wildman–Crippen MR) is 106 cm³/mol. The van der Waals surface area contributed by atoms with E-state index in [2.05, 4.69) is 5.32 Å². The lowest BCUT2D eigenvalue weighted by atomic mass is 10.1. The molecular formula is C21H24N2O5. The van der Waals surface area contributed by atoms with Gasteiger partial charge in [0, 0.05) is 11.8 Å².